The average Bonchev–Trinajstić information content (AvgIpc) is 2.00. The molecule has 0 aliphatic rings. The van der Waals surface area contributed by atoms with Crippen LogP contribution in [-0.2, 0) is 16.5 Å². The van der Waals surface area contributed by atoms with Crippen molar-refractivity contribution in [2.45, 2.75) is 6.42 Å². The summed E-state index contributed by atoms with van der Waals surface area (Å²) in [6.45, 7) is 0. The van der Waals surface area contributed by atoms with E-state index in [2.05, 4.69) is 0 Å². The number of rotatable bonds is 3. The van der Waals surface area contributed by atoms with E-state index in [-0.39, 0.29) is 46.6 Å². The predicted molar refractivity (Wildman–Crippen MR) is 49.7 cm³/mol. The molecule has 0 spiro atoms. The van der Waals surface area contributed by atoms with Gasteiger partial charge in [0.1, 0.15) is 5.82 Å². The summed E-state index contributed by atoms with van der Waals surface area (Å²) in [7, 11) is -4.30. The Balaban J connectivity index is 0.00000196. The van der Waals surface area contributed by atoms with Crippen LogP contribution in [0.3, 0.4) is 0 Å². The maximum absolute atomic E-state index is 13.0. The van der Waals surface area contributed by atoms with E-state index in [1.54, 1.807) is 0 Å². The van der Waals surface area contributed by atoms with Crippen LogP contribution in [0.15, 0.2) is 18.2 Å². The SMILES string of the molecule is O=S(=O)([O-])CCc1ccc(Cl)cc1F.[Na+]. The van der Waals surface area contributed by atoms with Crippen molar-refractivity contribution >= 4 is 21.7 Å². The zero-order valence-electron chi connectivity index (χ0n) is 8.04. The summed E-state index contributed by atoms with van der Waals surface area (Å²) in [6, 6.07) is 3.88. The maximum atomic E-state index is 13.0. The maximum Gasteiger partial charge on any atom is 1.00 e. The molecule has 0 unspecified atom stereocenters. The van der Waals surface area contributed by atoms with Crippen molar-refractivity contribution in [1.82, 2.24) is 0 Å². The number of halogens is 2. The van der Waals surface area contributed by atoms with Crippen molar-refractivity contribution in [3.63, 3.8) is 0 Å². The van der Waals surface area contributed by atoms with Crippen molar-refractivity contribution < 1.29 is 46.9 Å². The zero-order chi connectivity index (χ0) is 10.8. The third-order valence-corrected chi connectivity index (χ3v) is 2.58. The first kappa shape index (κ1) is 15.3. The first-order valence-corrected chi connectivity index (χ1v) is 5.71. The smallest absolute Gasteiger partial charge is 0.748 e. The monoisotopic (exact) mass is 260 g/mol. The molecule has 78 valence electrons. The molecule has 0 heterocycles. The van der Waals surface area contributed by atoms with Crippen molar-refractivity contribution in [2.24, 2.45) is 0 Å². The van der Waals surface area contributed by atoms with Crippen molar-refractivity contribution in [1.29, 1.82) is 0 Å². The minimum Gasteiger partial charge on any atom is -0.748 e. The first-order valence-electron chi connectivity index (χ1n) is 3.76. The predicted octanol–water partition coefficient (Wildman–Crippen LogP) is -1.43. The van der Waals surface area contributed by atoms with Gasteiger partial charge in [0.05, 0.1) is 10.1 Å². The van der Waals surface area contributed by atoms with Gasteiger partial charge in [-0.15, -0.1) is 0 Å². The van der Waals surface area contributed by atoms with Gasteiger partial charge < -0.3 is 4.55 Å². The van der Waals surface area contributed by atoms with E-state index >= 15 is 0 Å². The molecule has 0 aliphatic carbocycles. The van der Waals surface area contributed by atoms with Gasteiger partial charge in [-0.05, 0) is 24.1 Å². The van der Waals surface area contributed by atoms with Crippen LogP contribution >= 0.6 is 11.6 Å². The summed E-state index contributed by atoms with van der Waals surface area (Å²) in [4.78, 5) is 0. The van der Waals surface area contributed by atoms with Gasteiger partial charge in [0.2, 0.25) is 0 Å². The van der Waals surface area contributed by atoms with E-state index in [9.17, 15) is 17.4 Å². The first-order chi connectivity index (χ1) is 6.38. The van der Waals surface area contributed by atoms with Crippen LogP contribution in [0.2, 0.25) is 5.02 Å². The Kier molecular flexibility index (Phi) is 6.32. The third kappa shape index (κ3) is 5.85. The molecule has 0 atom stereocenters. The minimum atomic E-state index is -4.30. The van der Waals surface area contributed by atoms with E-state index in [1.165, 1.54) is 12.1 Å². The molecule has 0 radical (unpaired) electrons. The van der Waals surface area contributed by atoms with Gasteiger partial charge in [-0.2, -0.15) is 0 Å². The summed E-state index contributed by atoms with van der Waals surface area (Å²) in [5.41, 5.74) is 0.175. The molecule has 0 saturated heterocycles. The molecule has 15 heavy (non-hydrogen) atoms. The molecule has 7 heteroatoms. The van der Waals surface area contributed by atoms with Crippen LogP contribution in [0.5, 0.6) is 0 Å². The molecule has 1 aromatic carbocycles. The van der Waals surface area contributed by atoms with E-state index in [4.69, 9.17) is 11.6 Å². The Bertz CT molecular complexity index is 436. The second kappa shape index (κ2) is 6.18. The van der Waals surface area contributed by atoms with Crippen LogP contribution < -0.4 is 29.6 Å². The molecule has 0 amide bonds. The Morgan fingerprint density at radius 3 is 2.47 bits per heavy atom. The zero-order valence-corrected chi connectivity index (χ0v) is 11.6. The van der Waals surface area contributed by atoms with Crippen LogP contribution in [0.4, 0.5) is 4.39 Å². The van der Waals surface area contributed by atoms with Gasteiger partial charge in [0, 0.05) is 10.8 Å². The molecule has 0 aliphatic heterocycles. The Morgan fingerprint density at radius 2 is 2.00 bits per heavy atom. The summed E-state index contributed by atoms with van der Waals surface area (Å²) < 4.78 is 43.9. The van der Waals surface area contributed by atoms with E-state index in [0.717, 1.165) is 6.07 Å². The van der Waals surface area contributed by atoms with Crippen LogP contribution in [0.1, 0.15) is 5.56 Å². The summed E-state index contributed by atoms with van der Waals surface area (Å²) >= 11 is 5.49. The quantitative estimate of drug-likeness (QED) is 0.495. The van der Waals surface area contributed by atoms with E-state index in [0.29, 0.717) is 0 Å². The van der Waals surface area contributed by atoms with Gasteiger partial charge in [-0.1, -0.05) is 17.7 Å². The standard InChI is InChI=1S/C8H8ClFO3S.Na/c9-7-2-1-6(8(10)5-7)3-4-14(11,12)13;/h1-2,5H,3-4H2,(H,11,12,13);/q;+1/p-1. The summed E-state index contributed by atoms with van der Waals surface area (Å²) in [5, 5.41) is 0.233. The van der Waals surface area contributed by atoms with Crippen LogP contribution in [-0.4, -0.2) is 18.7 Å². The van der Waals surface area contributed by atoms with Gasteiger partial charge in [-0.3, -0.25) is 0 Å². The molecule has 3 nitrogen and oxygen atoms in total. The molecule has 0 N–H and O–H groups in total. The molecule has 1 aromatic rings. The topological polar surface area (TPSA) is 57.2 Å². The molecular weight excluding hydrogens is 254 g/mol. The normalized spacial score (nSPS) is 10.9. The largest absolute Gasteiger partial charge is 1.00 e. The molecule has 1 rings (SSSR count). The van der Waals surface area contributed by atoms with Gasteiger partial charge >= 0.3 is 29.6 Å². The average molecular weight is 261 g/mol. The number of benzene rings is 1. The van der Waals surface area contributed by atoms with Gasteiger partial charge in [0.15, 0.2) is 0 Å². The van der Waals surface area contributed by atoms with Gasteiger partial charge in [-0.25, -0.2) is 12.8 Å². The van der Waals surface area contributed by atoms with Crippen molar-refractivity contribution in [3.05, 3.63) is 34.6 Å². The summed E-state index contributed by atoms with van der Waals surface area (Å²) in [5.74, 6) is -1.20. The van der Waals surface area contributed by atoms with E-state index in [1.807, 2.05) is 0 Å². The molecule has 0 saturated carbocycles. The number of hydrogen-bond acceptors (Lipinski definition) is 3. The fourth-order valence-electron chi connectivity index (χ4n) is 0.959. The third-order valence-electron chi connectivity index (χ3n) is 1.64. The van der Waals surface area contributed by atoms with Crippen LogP contribution in [0.25, 0.3) is 0 Å². The molecule has 0 fully saturated rings. The molecular formula is C8H7ClFNaO3S. The Hall–Kier alpha value is 0.350. The number of hydrogen-bond donors (Lipinski definition) is 0. The van der Waals surface area contributed by atoms with Crippen molar-refractivity contribution in [3.8, 4) is 0 Å². The summed E-state index contributed by atoms with van der Waals surface area (Å²) in [6.07, 6.45) is -0.130. The fraction of sp³-hybridized carbons (Fsp3) is 0.250. The molecule has 0 aromatic heterocycles. The number of aryl methyl sites for hydroxylation is 1. The molecule has 0 bridgehead atoms. The van der Waals surface area contributed by atoms with Crippen LogP contribution in [0, 0.1) is 5.82 Å². The van der Waals surface area contributed by atoms with E-state index < -0.39 is 21.7 Å². The Morgan fingerprint density at radius 1 is 1.40 bits per heavy atom. The van der Waals surface area contributed by atoms with Gasteiger partial charge in [0.25, 0.3) is 0 Å². The second-order valence-corrected chi connectivity index (χ2v) is 4.71. The Labute approximate surface area is 115 Å². The van der Waals surface area contributed by atoms with Crippen molar-refractivity contribution in [2.75, 3.05) is 5.75 Å². The second-order valence-electron chi connectivity index (χ2n) is 2.75. The fourth-order valence-corrected chi connectivity index (χ4v) is 1.59. The minimum absolute atomic E-state index is 0.